The molecule has 5 nitrogen and oxygen atoms in total. The molecule has 1 aliphatic rings. The zero-order chi connectivity index (χ0) is 14.7. The second-order valence-corrected chi connectivity index (χ2v) is 5.67. The average Bonchev–Trinajstić information content (AvgIpc) is 2.81. The number of hydrogen-bond acceptors (Lipinski definition) is 4. The molecule has 2 rings (SSSR count). The highest BCUT2D eigenvalue weighted by molar-refractivity contribution is 5.99. The molecule has 1 N–H and O–H groups in total. The number of pyridine rings is 1. The Kier molecular flexibility index (Phi) is 4.60. The Labute approximate surface area is 121 Å². The highest BCUT2D eigenvalue weighted by Gasteiger charge is 2.34. The zero-order valence-electron chi connectivity index (χ0n) is 12.8. The fourth-order valence-corrected chi connectivity index (χ4v) is 2.87. The van der Waals surface area contributed by atoms with E-state index in [9.17, 15) is 4.79 Å². The second kappa shape index (κ2) is 6.22. The summed E-state index contributed by atoms with van der Waals surface area (Å²) in [5.41, 5.74) is 1.54. The van der Waals surface area contributed by atoms with Gasteiger partial charge in [-0.2, -0.15) is 0 Å². The van der Waals surface area contributed by atoms with Gasteiger partial charge in [0.15, 0.2) is 0 Å². The van der Waals surface area contributed by atoms with Crippen LogP contribution in [-0.2, 0) is 0 Å². The molecular formula is C15H24N4O. The van der Waals surface area contributed by atoms with Gasteiger partial charge in [0.05, 0.1) is 11.3 Å². The number of nitrogens with one attached hydrogen (secondary N) is 1. The molecule has 1 aromatic rings. The molecule has 5 heteroatoms. The minimum Gasteiger partial charge on any atom is -0.385 e. The predicted molar refractivity (Wildman–Crippen MR) is 80.9 cm³/mol. The van der Waals surface area contributed by atoms with Gasteiger partial charge in [0.1, 0.15) is 0 Å². The van der Waals surface area contributed by atoms with Crippen molar-refractivity contribution in [1.29, 1.82) is 0 Å². The number of likely N-dealkylation sites (N-methyl/N-ethyl adjacent to an activating group) is 1. The Morgan fingerprint density at radius 1 is 1.50 bits per heavy atom. The highest BCUT2D eigenvalue weighted by Crippen LogP contribution is 2.24. The molecule has 0 spiro atoms. The van der Waals surface area contributed by atoms with Crippen molar-refractivity contribution in [3.05, 3.63) is 24.0 Å². The summed E-state index contributed by atoms with van der Waals surface area (Å²) in [6, 6.07) is 2.29. The monoisotopic (exact) mass is 276 g/mol. The maximum Gasteiger partial charge on any atom is 0.257 e. The van der Waals surface area contributed by atoms with Crippen molar-refractivity contribution in [2.24, 2.45) is 5.92 Å². The van der Waals surface area contributed by atoms with Gasteiger partial charge in [0, 0.05) is 38.1 Å². The lowest BCUT2D eigenvalue weighted by Crippen LogP contribution is -2.36. The number of amides is 1. The van der Waals surface area contributed by atoms with Crippen molar-refractivity contribution in [2.45, 2.75) is 19.9 Å². The number of aromatic nitrogens is 1. The summed E-state index contributed by atoms with van der Waals surface area (Å²) in [5.74, 6) is 0.568. The van der Waals surface area contributed by atoms with Gasteiger partial charge in [-0.05, 0) is 33.0 Å². The van der Waals surface area contributed by atoms with Crippen LogP contribution in [0.5, 0.6) is 0 Å². The SMILES string of the molecule is CCNc1ccncc1C(=O)N1CC(C)C(N(C)C)C1. The standard InChI is InChI=1S/C15H24N4O/c1-5-17-13-6-7-16-8-12(13)15(20)19-9-11(2)14(10-19)18(3)4/h6-8,11,14H,5,9-10H2,1-4H3,(H,16,17). The van der Waals surface area contributed by atoms with E-state index in [1.54, 1.807) is 12.4 Å². The van der Waals surface area contributed by atoms with Gasteiger partial charge in [-0.3, -0.25) is 9.78 Å². The van der Waals surface area contributed by atoms with Crippen LogP contribution in [0.3, 0.4) is 0 Å². The van der Waals surface area contributed by atoms with Gasteiger partial charge in [-0.15, -0.1) is 0 Å². The fraction of sp³-hybridized carbons (Fsp3) is 0.600. The molecule has 110 valence electrons. The summed E-state index contributed by atoms with van der Waals surface area (Å²) < 4.78 is 0. The molecule has 2 unspecified atom stereocenters. The predicted octanol–water partition coefficient (Wildman–Crippen LogP) is 1.54. The summed E-state index contributed by atoms with van der Waals surface area (Å²) in [5, 5.41) is 3.23. The van der Waals surface area contributed by atoms with Gasteiger partial charge in [0.2, 0.25) is 0 Å². The Balaban J connectivity index is 2.17. The maximum atomic E-state index is 12.7. The van der Waals surface area contributed by atoms with Crippen molar-refractivity contribution in [1.82, 2.24) is 14.8 Å². The van der Waals surface area contributed by atoms with E-state index in [0.29, 0.717) is 17.5 Å². The van der Waals surface area contributed by atoms with Crippen LogP contribution in [0.1, 0.15) is 24.2 Å². The average molecular weight is 276 g/mol. The van der Waals surface area contributed by atoms with Crippen LogP contribution < -0.4 is 5.32 Å². The van der Waals surface area contributed by atoms with E-state index >= 15 is 0 Å². The van der Waals surface area contributed by atoms with E-state index < -0.39 is 0 Å². The van der Waals surface area contributed by atoms with E-state index in [4.69, 9.17) is 0 Å². The van der Waals surface area contributed by atoms with Crippen molar-refractivity contribution in [3.8, 4) is 0 Å². The van der Waals surface area contributed by atoms with Gasteiger partial charge in [-0.25, -0.2) is 0 Å². The number of carbonyl (C=O) groups excluding carboxylic acids is 1. The number of anilines is 1. The molecule has 1 aromatic heterocycles. The number of rotatable bonds is 4. The zero-order valence-corrected chi connectivity index (χ0v) is 12.8. The topological polar surface area (TPSA) is 48.5 Å². The quantitative estimate of drug-likeness (QED) is 0.906. The first-order valence-corrected chi connectivity index (χ1v) is 7.18. The molecule has 0 aliphatic carbocycles. The van der Waals surface area contributed by atoms with Gasteiger partial charge in [0.25, 0.3) is 5.91 Å². The molecule has 1 amide bonds. The third kappa shape index (κ3) is 2.93. The third-order valence-corrected chi connectivity index (χ3v) is 3.94. The molecule has 0 radical (unpaired) electrons. The van der Waals surface area contributed by atoms with Crippen LogP contribution in [0.15, 0.2) is 18.5 Å². The molecular weight excluding hydrogens is 252 g/mol. The van der Waals surface area contributed by atoms with E-state index in [-0.39, 0.29) is 5.91 Å². The third-order valence-electron chi connectivity index (χ3n) is 3.94. The summed E-state index contributed by atoms with van der Waals surface area (Å²) in [6.07, 6.45) is 3.37. The first-order valence-electron chi connectivity index (χ1n) is 7.18. The Morgan fingerprint density at radius 3 is 2.85 bits per heavy atom. The number of nitrogens with zero attached hydrogens (tertiary/aromatic N) is 3. The van der Waals surface area contributed by atoms with Crippen LogP contribution in [-0.4, -0.2) is 60.5 Å². The lowest BCUT2D eigenvalue weighted by atomic mass is 10.1. The summed E-state index contributed by atoms with van der Waals surface area (Å²) in [4.78, 5) is 20.9. The molecule has 2 heterocycles. The number of carbonyl (C=O) groups is 1. The molecule has 0 saturated carbocycles. The first-order chi connectivity index (χ1) is 9.54. The smallest absolute Gasteiger partial charge is 0.257 e. The lowest BCUT2D eigenvalue weighted by Gasteiger charge is -2.22. The Hall–Kier alpha value is -1.62. The van der Waals surface area contributed by atoms with Crippen molar-refractivity contribution in [3.63, 3.8) is 0 Å². The van der Waals surface area contributed by atoms with Gasteiger partial charge in [-0.1, -0.05) is 6.92 Å². The van der Waals surface area contributed by atoms with Crippen LogP contribution >= 0.6 is 0 Å². The normalized spacial score (nSPS) is 22.4. The Morgan fingerprint density at radius 2 is 2.25 bits per heavy atom. The van der Waals surface area contributed by atoms with Crippen molar-refractivity contribution < 1.29 is 4.79 Å². The summed E-state index contributed by atoms with van der Waals surface area (Å²) >= 11 is 0. The van der Waals surface area contributed by atoms with Crippen molar-refractivity contribution >= 4 is 11.6 Å². The number of hydrogen-bond donors (Lipinski definition) is 1. The van der Waals surface area contributed by atoms with Gasteiger partial charge < -0.3 is 15.1 Å². The Bertz CT molecular complexity index is 475. The molecule has 0 bridgehead atoms. The summed E-state index contributed by atoms with van der Waals surface area (Å²) in [7, 11) is 4.15. The van der Waals surface area contributed by atoms with Gasteiger partial charge >= 0.3 is 0 Å². The van der Waals surface area contributed by atoms with E-state index in [2.05, 4.69) is 36.2 Å². The molecule has 0 aromatic carbocycles. The van der Waals surface area contributed by atoms with Crippen LogP contribution in [0, 0.1) is 5.92 Å². The second-order valence-electron chi connectivity index (χ2n) is 5.67. The maximum absolute atomic E-state index is 12.7. The fourth-order valence-electron chi connectivity index (χ4n) is 2.87. The number of likely N-dealkylation sites (tertiary alicyclic amines) is 1. The van der Waals surface area contributed by atoms with Crippen LogP contribution in [0.2, 0.25) is 0 Å². The molecule has 1 aliphatic heterocycles. The lowest BCUT2D eigenvalue weighted by molar-refractivity contribution is 0.0782. The minimum absolute atomic E-state index is 0.0743. The molecule has 20 heavy (non-hydrogen) atoms. The minimum atomic E-state index is 0.0743. The highest BCUT2D eigenvalue weighted by atomic mass is 16.2. The molecule has 2 atom stereocenters. The van der Waals surface area contributed by atoms with E-state index in [1.807, 2.05) is 17.9 Å². The molecule has 1 fully saturated rings. The largest absolute Gasteiger partial charge is 0.385 e. The summed E-state index contributed by atoms with van der Waals surface area (Å²) in [6.45, 7) is 6.61. The first kappa shape index (κ1) is 14.8. The van der Waals surface area contributed by atoms with E-state index in [0.717, 1.165) is 25.3 Å². The van der Waals surface area contributed by atoms with E-state index in [1.165, 1.54) is 0 Å². The molecule has 1 saturated heterocycles. The van der Waals surface area contributed by atoms with Crippen molar-refractivity contribution in [2.75, 3.05) is 39.0 Å². The van der Waals surface area contributed by atoms with Crippen LogP contribution in [0.4, 0.5) is 5.69 Å². The van der Waals surface area contributed by atoms with Crippen LogP contribution in [0.25, 0.3) is 0 Å².